The summed E-state index contributed by atoms with van der Waals surface area (Å²) in [5.41, 5.74) is 2.70. The summed E-state index contributed by atoms with van der Waals surface area (Å²) in [5.74, 6) is -1.93. The highest BCUT2D eigenvalue weighted by atomic mass is 16.6. The maximum Gasteiger partial charge on any atom is 0.336 e. The average molecular weight is 431 g/mol. The Labute approximate surface area is 182 Å². The lowest BCUT2D eigenvalue weighted by molar-refractivity contribution is -0.385. The van der Waals surface area contributed by atoms with Crippen LogP contribution in [0, 0.1) is 17.0 Å². The first kappa shape index (κ1) is 24.1. The summed E-state index contributed by atoms with van der Waals surface area (Å²) in [6.45, 7) is 9.44. The summed E-state index contributed by atoms with van der Waals surface area (Å²) >= 11 is 0. The zero-order valence-corrected chi connectivity index (χ0v) is 19.0. The van der Waals surface area contributed by atoms with E-state index in [0.717, 1.165) is 0 Å². The van der Waals surface area contributed by atoms with Crippen molar-refractivity contribution in [2.75, 3.05) is 20.3 Å². The first-order valence-electron chi connectivity index (χ1n) is 10.4. The minimum atomic E-state index is -0.829. The van der Waals surface area contributed by atoms with Crippen molar-refractivity contribution in [1.29, 1.82) is 0 Å². The smallest absolute Gasteiger partial charge is 0.336 e. The molecule has 2 rings (SSSR count). The van der Waals surface area contributed by atoms with Crippen molar-refractivity contribution in [3.8, 4) is 0 Å². The molecular formula is C23H30N2O6. The van der Waals surface area contributed by atoms with Gasteiger partial charge in [0.15, 0.2) is 0 Å². The molecule has 0 aliphatic carbocycles. The number of nitro benzene ring substituents is 1. The molecule has 0 bridgehead atoms. The van der Waals surface area contributed by atoms with Gasteiger partial charge in [-0.2, -0.15) is 0 Å². The van der Waals surface area contributed by atoms with Gasteiger partial charge in [0.1, 0.15) is 0 Å². The Balaban J connectivity index is 2.74. The third-order valence-electron chi connectivity index (χ3n) is 5.44. The maximum absolute atomic E-state index is 13.1. The largest absolute Gasteiger partial charge is 0.462 e. The van der Waals surface area contributed by atoms with E-state index in [9.17, 15) is 19.7 Å². The lowest BCUT2D eigenvalue weighted by Crippen LogP contribution is -2.33. The minimum Gasteiger partial charge on any atom is -0.462 e. The van der Waals surface area contributed by atoms with E-state index in [2.05, 4.69) is 0 Å². The zero-order chi connectivity index (χ0) is 23.3. The minimum absolute atomic E-state index is 0.0747. The molecule has 8 heteroatoms. The van der Waals surface area contributed by atoms with Gasteiger partial charge in [0.05, 0.1) is 35.2 Å². The Kier molecular flexibility index (Phi) is 7.96. The number of hydrogen-bond donors (Lipinski definition) is 0. The fourth-order valence-electron chi connectivity index (χ4n) is 3.59. The molecule has 1 aromatic carbocycles. The maximum atomic E-state index is 13.1. The van der Waals surface area contributed by atoms with E-state index in [0.29, 0.717) is 35.4 Å². The van der Waals surface area contributed by atoms with Crippen LogP contribution in [0.4, 0.5) is 5.69 Å². The molecule has 0 unspecified atom stereocenters. The second-order valence-electron chi connectivity index (χ2n) is 7.57. The number of benzene rings is 1. The lowest BCUT2D eigenvalue weighted by atomic mass is 9.79. The fraction of sp³-hybridized carbons (Fsp3) is 0.478. The highest BCUT2D eigenvalue weighted by molar-refractivity contribution is 6.00. The molecule has 8 nitrogen and oxygen atoms in total. The van der Waals surface area contributed by atoms with E-state index in [4.69, 9.17) is 9.47 Å². The van der Waals surface area contributed by atoms with Gasteiger partial charge in [-0.25, -0.2) is 9.59 Å². The van der Waals surface area contributed by atoms with Gasteiger partial charge in [0.2, 0.25) is 0 Å². The molecule has 0 spiro atoms. The van der Waals surface area contributed by atoms with Gasteiger partial charge in [-0.1, -0.05) is 26.0 Å². The monoisotopic (exact) mass is 430 g/mol. The van der Waals surface area contributed by atoms with E-state index in [-0.39, 0.29) is 30.0 Å². The molecule has 1 aliphatic rings. The molecule has 1 heterocycles. The van der Waals surface area contributed by atoms with E-state index in [1.165, 1.54) is 6.07 Å². The van der Waals surface area contributed by atoms with E-state index in [1.807, 2.05) is 13.8 Å². The highest BCUT2D eigenvalue weighted by Crippen LogP contribution is 2.43. The first-order chi connectivity index (χ1) is 14.6. The summed E-state index contributed by atoms with van der Waals surface area (Å²) in [6, 6.07) is 4.76. The topological polar surface area (TPSA) is 99.0 Å². The lowest BCUT2D eigenvalue weighted by Gasteiger charge is -2.35. The van der Waals surface area contributed by atoms with Crippen molar-refractivity contribution < 1.29 is 24.0 Å². The van der Waals surface area contributed by atoms with Crippen LogP contribution in [0.3, 0.4) is 0 Å². The molecule has 0 N–H and O–H groups in total. The molecule has 0 radical (unpaired) electrons. The number of carbonyl (C=O) groups is 2. The van der Waals surface area contributed by atoms with Crippen LogP contribution in [0.5, 0.6) is 0 Å². The van der Waals surface area contributed by atoms with Gasteiger partial charge in [-0.3, -0.25) is 10.1 Å². The van der Waals surface area contributed by atoms with Crippen LogP contribution in [0.1, 0.15) is 57.6 Å². The SMILES string of the molecule is CCCOC(=O)C1=C(C)N(C)C(C)=C(C(=O)OCCC)C1c1ccc(C)c([N+](=O)[O-])c1. The van der Waals surface area contributed by atoms with Crippen LogP contribution >= 0.6 is 0 Å². The van der Waals surface area contributed by atoms with Crippen LogP contribution < -0.4 is 0 Å². The number of rotatable bonds is 8. The van der Waals surface area contributed by atoms with E-state index >= 15 is 0 Å². The summed E-state index contributed by atoms with van der Waals surface area (Å²) in [6.07, 6.45) is 1.30. The van der Waals surface area contributed by atoms with Crippen molar-refractivity contribution in [1.82, 2.24) is 4.90 Å². The summed E-state index contributed by atoms with van der Waals surface area (Å²) in [4.78, 5) is 38.9. The Bertz CT molecular complexity index is 903. The van der Waals surface area contributed by atoms with Gasteiger partial charge in [0, 0.05) is 30.1 Å². The van der Waals surface area contributed by atoms with E-state index < -0.39 is 22.8 Å². The zero-order valence-electron chi connectivity index (χ0n) is 19.0. The van der Waals surface area contributed by atoms with Crippen LogP contribution in [-0.2, 0) is 19.1 Å². The van der Waals surface area contributed by atoms with Crippen LogP contribution in [0.2, 0.25) is 0 Å². The average Bonchev–Trinajstić information content (AvgIpc) is 2.74. The number of carbonyl (C=O) groups excluding carboxylic acids is 2. The second-order valence-corrected chi connectivity index (χ2v) is 7.57. The van der Waals surface area contributed by atoms with Gasteiger partial charge in [-0.15, -0.1) is 0 Å². The molecule has 0 saturated carbocycles. The number of esters is 2. The molecule has 0 saturated heterocycles. The third kappa shape index (κ3) is 4.95. The molecule has 1 aliphatic heterocycles. The van der Waals surface area contributed by atoms with Gasteiger partial charge in [0.25, 0.3) is 5.69 Å². The molecular weight excluding hydrogens is 400 g/mol. The van der Waals surface area contributed by atoms with Crippen molar-refractivity contribution in [2.24, 2.45) is 0 Å². The predicted molar refractivity (Wildman–Crippen MR) is 116 cm³/mol. The summed E-state index contributed by atoms with van der Waals surface area (Å²) in [5, 5.41) is 11.5. The number of nitro groups is 1. The first-order valence-corrected chi connectivity index (χ1v) is 10.4. The fourth-order valence-corrected chi connectivity index (χ4v) is 3.59. The Hall–Kier alpha value is -3.16. The quantitative estimate of drug-likeness (QED) is 0.343. The van der Waals surface area contributed by atoms with Crippen molar-refractivity contribution in [2.45, 2.75) is 53.4 Å². The van der Waals surface area contributed by atoms with Crippen LogP contribution in [0.15, 0.2) is 40.7 Å². The summed E-state index contributed by atoms with van der Waals surface area (Å²) < 4.78 is 10.8. The molecule has 0 fully saturated rings. The van der Waals surface area contributed by atoms with Crippen molar-refractivity contribution >= 4 is 17.6 Å². The molecule has 0 atom stereocenters. The normalized spacial score (nSPS) is 14.7. The number of nitrogens with zero attached hydrogens (tertiary/aromatic N) is 2. The highest BCUT2D eigenvalue weighted by Gasteiger charge is 2.40. The van der Waals surface area contributed by atoms with Crippen LogP contribution in [-0.4, -0.2) is 42.0 Å². The number of hydrogen-bond acceptors (Lipinski definition) is 7. The predicted octanol–water partition coefficient (Wildman–Crippen LogP) is 4.39. The Morgan fingerprint density at radius 1 is 1.00 bits per heavy atom. The molecule has 1 aromatic rings. The molecule has 168 valence electrons. The van der Waals surface area contributed by atoms with Gasteiger partial charge < -0.3 is 14.4 Å². The van der Waals surface area contributed by atoms with Gasteiger partial charge in [-0.05, 0) is 39.2 Å². The molecule has 31 heavy (non-hydrogen) atoms. The Morgan fingerprint density at radius 2 is 1.48 bits per heavy atom. The summed E-state index contributed by atoms with van der Waals surface area (Å²) in [7, 11) is 1.76. The van der Waals surface area contributed by atoms with Crippen molar-refractivity contribution in [3.05, 3.63) is 62.0 Å². The number of allylic oxidation sites excluding steroid dienone is 2. The third-order valence-corrected chi connectivity index (χ3v) is 5.44. The number of ether oxygens (including phenoxy) is 2. The second kappa shape index (κ2) is 10.2. The van der Waals surface area contributed by atoms with Crippen LogP contribution in [0.25, 0.3) is 0 Å². The van der Waals surface area contributed by atoms with Gasteiger partial charge >= 0.3 is 11.9 Å². The molecule has 0 aromatic heterocycles. The van der Waals surface area contributed by atoms with E-state index in [1.54, 1.807) is 44.9 Å². The standard InChI is InChI=1S/C23H30N2O6/c1-7-11-30-22(26)19-15(4)24(6)16(5)20(23(27)31-12-8-2)21(19)17-10-9-14(3)18(13-17)25(28)29/h9-10,13,21H,7-8,11-12H2,1-6H3. The van der Waals surface area contributed by atoms with Crippen molar-refractivity contribution in [3.63, 3.8) is 0 Å². The number of aryl methyl sites for hydroxylation is 1. The molecule has 0 amide bonds. The Morgan fingerprint density at radius 3 is 1.90 bits per heavy atom.